The summed E-state index contributed by atoms with van der Waals surface area (Å²) in [6.45, 7) is 0.332. The maximum atomic E-state index is 12.2. The number of nitrogens with zero attached hydrogens (tertiary/aromatic N) is 2. The minimum atomic E-state index is -3.52. The number of sulfonamides is 1. The second kappa shape index (κ2) is 5.86. The molecule has 0 unspecified atom stereocenters. The van der Waals surface area contributed by atoms with Crippen LogP contribution in [0.15, 0.2) is 35.7 Å². The van der Waals surface area contributed by atoms with Gasteiger partial charge in [-0.3, -0.25) is 14.5 Å². The van der Waals surface area contributed by atoms with Gasteiger partial charge in [-0.05, 0) is 11.6 Å². The van der Waals surface area contributed by atoms with Crippen molar-refractivity contribution in [1.82, 2.24) is 9.21 Å². The fourth-order valence-electron chi connectivity index (χ4n) is 2.32. The third kappa shape index (κ3) is 2.94. The number of benzene rings is 1. The van der Waals surface area contributed by atoms with E-state index in [0.29, 0.717) is 0 Å². The number of thioether (sulfide) groups is 1. The Morgan fingerprint density at radius 1 is 1.14 bits per heavy atom. The molecule has 3 rings (SSSR count). The Balaban J connectivity index is 1.63. The van der Waals surface area contributed by atoms with Gasteiger partial charge >= 0.3 is 0 Å². The Kier molecular flexibility index (Phi) is 4.07. The van der Waals surface area contributed by atoms with Crippen molar-refractivity contribution in [2.75, 3.05) is 18.8 Å². The van der Waals surface area contributed by atoms with E-state index in [1.54, 1.807) is 0 Å². The summed E-state index contributed by atoms with van der Waals surface area (Å²) in [7, 11) is -3.52. The molecular formula is C14H14N2O4S2. The van der Waals surface area contributed by atoms with E-state index in [1.165, 1.54) is 15.3 Å². The lowest BCUT2D eigenvalue weighted by atomic mass is 10.1. The van der Waals surface area contributed by atoms with Gasteiger partial charge in [-0.25, -0.2) is 8.42 Å². The fourth-order valence-corrected chi connectivity index (χ4v) is 4.36. The van der Waals surface area contributed by atoms with Gasteiger partial charge in [0.05, 0.1) is 11.8 Å². The quantitative estimate of drug-likeness (QED) is 0.829. The van der Waals surface area contributed by atoms with Gasteiger partial charge in [-0.1, -0.05) is 42.1 Å². The zero-order valence-corrected chi connectivity index (χ0v) is 13.2. The van der Waals surface area contributed by atoms with E-state index < -0.39 is 10.0 Å². The molecular weight excluding hydrogens is 324 g/mol. The smallest absolute Gasteiger partial charge is 0.273 e. The fraction of sp³-hybridized carbons (Fsp3) is 0.286. The zero-order valence-electron chi connectivity index (χ0n) is 11.6. The van der Waals surface area contributed by atoms with Gasteiger partial charge in [-0.2, -0.15) is 4.31 Å². The molecule has 2 saturated heterocycles. The van der Waals surface area contributed by atoms with Gasteiger partial charge in [0.1, 0.15) is 0 Å². The van der Waals surface area contributed by atoms with Crippen molar-refractivity contribution >= 4 is 39.0 Å². The molecule has 22 heavy (non-hydrogen) atoms. The average molecular weight is 338 g/mol. The number of imide groups is 1. The lowest BCUT2D eigenvalue weighted by Gasteiger charge is -2.40. The first-order valence-corrected chi connectivity index (χ1v) is 9.18. The summed E-state index contributed by atoms with van der Waals surface area (Å²) >= 11 is 0.963. The topological polar surface area (TPSA) is 74.8 Å². The SMILES string of the molecule is O=C1CSC(=O)N1C1CN(S(=O)(=O)C=Cc2ccccc2)C1. The molecule has 2 fully saturated rings. The molecule has 116 valence electrons. The number of carbonyl (C=O) groups excluding carboxylic acids is 2. The van der Waals surface area contributed by atoms with Gasteiger partial charge in [0.25, 0.3) is 5.24 Å². The molecule has 0 spiro atoms. The Bertz CT molecular complexity index is 708. The van der Waals surface area contributed by atoms with Crippen LogP contribution in [-0.2, 0) is 14.8 Å². The van der Waals surface area contributed by atoms with Crippen molar-refractivity contribution in [3.8, 4) is 0 Å². The van der Waals surface area contributed by atoms with Crippen molar-refractivity contribution in [3.63, 3.8) is 0 Å². The lowest BCUT2D eigenvalue weighted by Crippen LogP contribution is -2.61. The first-order chi connectivity index (χ1) is 10.5. The third-order valence-electron chi connectivity index (χ3n) is 3.57. The highest BCUT2D eigenvalue weighted by Gasteiger charge is 2.44. The highest BCUT2D eigenvalue weighted by molar-refractivity contribution is 8.14. The van der Waals surface area contributed by atoms with E-state index in [-0.39, 0.29) is 36.0 Å². The molecule has 2 amide bonds. The van der Waals surface area contributed by atoms with Gasteiger partial charge in [-0.15, -0.1) is 0 Å². The Hall–Kier alpha value is -1.64. The highest BCUT2D eigenvalue weighted by atomic mass is 32.2. The van der Waals surface area contributed by atoms with Crippen molar-refractivity contribution in [2.45, 2.75) is 6.04 Å². The molecule has 0 saturated carbocycles. The summed E-state index contributed by atoms with van der Waals surface area (Å²) < 4.78 is 25.6. The zero-order chi connectivity index (χ0) is 15.7. The van der Waals surface area contributed by atoms with E-state index in [0.717, 1.165) is 22.7 Å². The minimum absolute atomic E-state index is 0.149. The minimum Gasteiger partial charge on any atom is -0.273 e. The van der Waals surface area contributed by atoms with Gasteiger partial charge in [0.15, 0.2) is 0 Å². The van der Waals surface area contributed by atoms with Crippen LogP contribution in [0, 0.1) is 0 Å². The Morgan fingerprint density at radius 3 is 2.41 bits per heavy atom. The standard InChI is InChI=1S/C14H14N2O4S2/c17-13-10-21-14(18)16(13)12-8-15(9-12)22(19,20)7-6-11-4-2-1-3-5-11/h1-7,12H,8-10H2. The first kappa shape index (κ1) is 15.3. The van der Waals surface area contributed by atoms with Crippen LogP contribution in [0.3, 0.4) is 0 Å². The van der Waals surface area contributed by atoms with E-state index in [2.05, 4.69) is 0 Å². The van der Waals surface area contributed by atoms with Crippen molar-refractivity contribution in [3.05, 3.63) is 41.3 Å². The van der Waals surface area contributed by atoms with Crippen LogP contribution in [0.4, 0.5) is 4.79 Å². The van der Waals surface area contributed by atoms with Crippen LogP contribution in [0.25, 0.3) is 6.08 Å². The summed E-state index contributed by atoms with van der Waals surface area (Å²) in [4.78, 5) is 24.3. The predicted octanol–water partition coefficient (Wildman–Crippen LogP) is 1.37. The van der Waals surface area contributed by atoms with Crippen LogP contribution >= 0.6 is 11.8 Å². The maximum Gasteiger partial charge on any atom is 0.289 e. The molecule has 2 heterocycles. The molecule has 0 N–H and O–H groups in total. The van der Waals surface area contributed by atoms with Crippen LogP contribution in [-0.4, -0.2) is 53.7 Å². The summed E-state index contributed by atoms with van der Waals surface area (Å²) in [5, 5.41) is 0.868. The van der Waals surface area contributed by atoms with Gasteiger partial charge in [0.2, 0.25) is 15.9 Å². The van der Waals surface area contributed by atoms with E-state index >= 15 is 0 Å². The molecule has 0 aliphatic carbocycles. The van der Waals surface area contributed by atoms with Crippen LogP contribution < -0.4 is 0 Å². The number of rotatable bonds is 4. The molecule has 6 nitrogen and oxygen atoms in total. The molecule has 0 aromatic heterocycles. The van der Waals surface area contributed by atoms with E-state index in [1.807, 2.05) is 30.3 Å². The Morgan fingerprint density at radius 2 is 1.82 bits per heavy atom. The number of hydrogen-bond acceptors (Lipinski definition) is 5. The predicted molar refractivity (Wildman–Crippen MR) is 84.5 cm³/mol. The normalized spacial score (nSPS) is 20.8. The summed E-state index contributed by atoms with van der Waals surface area (Å²) in [5.74, 6) is -0.0902. The average Bonchev–Trinajstić information content (AvgIpc) is 2.77. The van der Waals surface area contributed by atoms with Gasteiger partial charge < -0.3 is 0 Å². The summed E-state index contributed by atoms with van der Waals surface area (Å²) in [5.41, 5.74) is 0.796. The van der Waals surface area contributed by atoms with E-state index in [9.17, 15) is 18.0 Å². The van der Waals surface area contributed by atoms with Crippen molar-refractivity contribution in [1.29, 1.82) is 0 Å². The number of amides is 2. The molecule has 8 heteroatoms. The second-order valence-electron chi connectivity index (χ2n) is 5.05. The third-order valence-corrected chi connectivity index (χ3v) is 5.90. The molecule has 2 aliphatic rings. The molecule has 1 aromatic carbocycles. The van der Waals surface area contributed by atoms with Crippen LogP contribution in [0.1, 0.15) is 5.56 Å². The highest BCUT2D eigenvalue weighted by Crippen LogP contribution is 2.27. The first-order valence-electron chi connectivity index (χ1n) is 6.69. The lowest BCUT2D eigenvalue weighted by molar-refractivity contribution is -0.127. The summed E-state index contributed by atoms with van der Waals surface area (Å²) in [6.07, 6.45) is 1.53. The van der Waals surface area contributed by atoms with Gasteiger partial charge in [0, 0.05) is 18.5 Å². The Labute approximate surface area is 132 Å². The molecule has 2 aliphatic heterocycles. The second-order valence-corrected chi connectivity index (χ2v) is 7.79. The molecule has 0 atom stereocenters. The molecule has 0 radical (unpaired) electrons. The van der Waals surface area contributed by atoms with E-state index in [4.69, 9.17) is 0 Å². The largest absolute Gasteiger partial charge is 0.289 e. The molecule has 1 aromatic rings. The van der Waals surface area contributed by atoms with Crippen molar-refractivity contribution in [2.24, 2.45) is 0 Å². The monoisotopic (exact) mass is 338 g/mol. The van der Waals surface area contributed by atoms with Crippen LogP contribution in [0.2, 0.25) is 0 Å². The number of hydrogen-bond donors (Lipinski definition) is 0. The molecule has 0 bridgehead atoms. The van der Waals surface area contributed by atoms with Crippen molar-refractivity contribution < 1.29 is 18.0 Å². The maximum absolute atomic E-state index is 12.2. The van der Waals surface area contributed by atoms with Crippen LogP contribution in [0.5, 0.6) is 0 Å². The summed E-state index contributed by atoms with van der Waals surface area (Å²) in [6, 6.07) is 8.79. The number of carbonyl (C=O) groups is 2.